The summed E-state index contributed by atoms with van der Waals surface area (Å²) in [6, 6.07) is 13.3. The standard InChI is InChI=1S/C19H17BrN4O/c1-13-4-5-15(9-17(13)20)24-16-6-8-22-18(10-16)19(25)23-12-14-3-2-7-21-11-14/h2-11H,12H2,1H3,(H,22,24)(H,23,25). The molecule has 0 aliphatic heterocycles. The fourth-order valence-electron chi connectivity index (χ4n) is 2.25. The van der Waals surface area contributed by atoms with Gasteiger partial charge in [0.1, 0.15) is 5.69 Å². The summed E-state index contributed by atoms with van der Waals surface area (Å²) in [5, 5.41) is 6.13. The molecule has 0 saturated carbocycles. The molecule has 2 aromatic heterocycles. The van der Waals surface area contributed by atoms with Gasteiger partial charge in [0.05, 0.1) is 0 Å². The topological polar surface area (TPSA) is 66.9 Å². The van der Waals surface area contributed by atoms with Crippen molar-refractivity contribution in [2.75, 3.05) is 5.32 Å². The first kappa shape index (κ1) is 17.1. The summed E-state index contributed by atoms with van der Waals surface area (Å²) in [6.45, 7) is 2.45. The molecule has 0 spiro atoms. The second-order valence-electron chi connectivity index (χ2n) is 5.56. The maximum Gasteiger partial charge on any atom is 0.270 e. The van der Waals surface area contributed by atoms with Crippen molar-refractivity contribution >= 4 is 33.2 Å². The number of amides is 1. The molecule has 126 valence electrons. The van der Waals surface area contributed by atoms with Crippen molar-refractivity contribution in [2.24, 2.45) is 0 Å². The number of pyridine rings is 2. The van der Waals surface area contributed by atoms with E-state index < -0.39 is 0 Å². The van der Waals surface area contributed by atoms with Gasteiger partial charge in [-0.3, -0.25) is 14.8 Å². The van der Waals surface area contributed by atoms with Gasteiger partial charge < -0.3 is 10.6 Å². The fourth-order valence-corrected chi connectivity index (χ4v) is 2.62. The molecule has 3 aromatic rings. The Bertz CT molecular complexity index is 884. The molecule has 25 heavy (non-hydrogen) atoms. The Morgan fingerprint density at radius 3 is 2.72 bits per heavy atom. The van der Waals surface area contributed by atoms with Crippen LogP contribution in [-0.4, -0.2) is 15.9 Å². The number of benzene rings is 1. The molecule has 3 rings (SSSR count). The number of carbonyl (C=O) groups excluding carboxylic acids is 1. The highest BCUT2D eigenvalue weighted by molar-refractivity contribution is 9.10. The summed E-state index contributed by atoms with van der Waals surface area (Å²) in [5.74, 6) is -0.224. The number of hydrogen-bond donors (Lipinski definition) is 2. The van der Waals surface area contributed by atoms with Gasteiger partial charge in [0, 0.05) is 41.0 Å². The van der Waals surface area contributed by atoms with Crippen LogP contribution in [0.4, 0.5) is 11.4 Å². The van der Waals surface area contributed by atoms with Crippen molar-refractivity contribution in [1.82, 2.24) is 15.3 Å². The molecule has 2 N–H and O–H groups in total. The molecule has 0 aliphatic carbocycles. The molecule has 1 amide bonds. The number of anilines is 2. The third kappa shape index (κ3) is 4.64. The number of aromatic nitrogens is 2. The minimum Gasteiger partial charge on any atom is -0.355 e. The Hall–Kier alpha value is -2.73. The Kier molecular flexibility index (Phi) is 5.40. The molecular formula is C19H17BrN4O. The van der Waals surface area contributed by atoms with Crippen molar-refractivity contribution in [3.63, 3.8) is 0 Å². The summed E-state index contributed by atoms with van der Waals surface area (Å²) in [4.78, 5) is 20.5. The predicted molar refractivity (Wildman–Crippen MR) is 102 cm³/mol. The number of nitrogens with one attached hydrogen (secondary N) is 2. The minimum absolute atomic E-state index is 0.224. The second kappa shape index (κ2) is 7.90. The van der Waals surface area contributed by atoms with Crippen LogP contribution in [0.5, 0.6) is 0 Å². The minimum atomic E-state index is -0.224. The number of aryl methyl sites for hydroxylation is 1. The highest BCUT2D eigenvalue weighted by Gasteiger charge is 2.08. The fraction of sp³-hybridized carbons (Fsp3) is 0.105. The van der Waals surface area contributed by atoms with E-state index in [0.29, 0.717) is 12.2 Å². The average Bonchev–Trinajstić information content (AvgIpc) is 2.64. The monoisotopic (exact) mass is 396 g/mol. The van der Waals surface area contributed by atoms with Gasteiger partial charge in [-0.05, 0) is 48.4 Å². The lowest BCUT2D eigenvalue weighted by Gasteiger charge is -2.10. The molecule has 0 fully saturated rings. The molecule has 0 saturated heterocycles. The van der Waals surface area contributed by atoms with Crippen LogP contribution in [0.3, 0.4) is 0 Å². The lowest BCUT2D eigenvalue weighted by molar-refractivity contribution is 0.0946. The number of halogens is 1. The van der Waals surface area contributed by atoms with Gasteiger partial charge in [-0.25, -0.2) is 0 Å². The van der Waals surface area contributed by atoms with Crippen LogP contribution in [0.1, 0.15) is 21.6 Å². The molecular weight excluding hydrogens is 380 g/mol. The van der Waals surface area contributed by atoms with E-state index in [1.807, 2.05) is 43.3 Å². The first-order valence-electron chi connectivity index (χ1n) is 7.78. The average molecular weight is 397 g/mol. The van der Waals surface area contributed by atoms with Crippen LogP contribution in [-0.2, 0) is 6.54 Å². The summed E-state index contributed by atoms with van der Waals surface area (Å²) >= 11 is 3.52. The van der Waals surface area contributed by atoms with Crippen molar-refractivity contribution in [1.29, 1.82) is 0 Å². The molecule has 0 radical (unpaired) electrons. The molecule has 5 nitrogen and oxygen atoms in total. The molecule has 0 unspecified atom stereocenters. The van der Waals surface area contributed by atoms with Crippen molar-refractivity contribution in [3.8, 4) is 0 Å². The summed E-state index contributed by atoms with van der Waals surface area (Å²) in [7, 11) is 0. The van der Waals surface area contributed by atoms with E-state index in [1.54, 1.807) is 24.7 Å². The van der Waals surface area contributed by atoms with Gasteiger partial charge in [-0.15, -0.1) is 0 Å². The van der Waals surface area contributed by atoms with E-state index in [0.717, 1.165) is 27.0 Å². The van der Waals surface area contributed by atoms with Crippen LogP contribution in [0.15, 0.2) is 65.5 Å². The lowest BCUT2D eigenvalue weighted by Crippen LogP contribution is -2.23. The highest BCUT2D eigenvalue weighted by atomic mass is 79.9. The van der Waals surface area contributed by atoms with Gasteiger partial charge >= 0.3 is 0 Å². The zero-order valence-corrected chi connectivity index (χ0v) is 15.2. The SMILES string of the molecule is Cc1ccc(Nc2ccnc(C(=O)NCc3cccnc3)c2)cc1Br. The number of hydrogen-bond acceptors (Lipinski definition) is 4. The molecule has 6 heteroatoms. The second-order valence-corrected chi connectivity index (χ2v) is 6.42. The van der Waals surface area contributed by atoms with Crippen LogP contribution in [0.25, 0.3) is 0 Å². The largest absolute Gasteiger partial charge is 0.355 e. The van der Waals surface area contributed by atoms with Crippen LogP contribution in [0.2, 0.25) is 0 Å². The zero-order valence-electron chi connectivity index (χ0n) is 13.7. The van der Waals surface area contributed by atoms with Crippen molar-refractivity contribution in [3.05, 3.63) is 82.3 Å². The molecule has 0 atom stereocenters. The van der Waals surface area contributed by atoms with Gasteiger partial charge in [-0.2, -0.15) is 0 Å². The van der Waals surface area contributed by atoms with E-state index in [1.165, 1.54) is 0 Å². The first-order chi connectivity index (χ1) is 12.1. The van der Waals surface area contributed by atoms with E-state index in [2.05, 4.69) is 36.5 Å². The number of nitrogens with zero attached hydrogens (tertiary/aromatic N) is 2. The molecule has 1 aromatic carbocycles. The smallest absolute Gasteiger partial charge is 0.270 e. The quantitative estimate of drug-likeness (QED) is 0.677. The Morgan fingerprint density at radius 1 is 1.12 bits per heavy atom. The normalized spacial score (nSPS) is 10.3. The van der Waals surface area contributed by atoms with E-state index in [-0.39, 0.29) is 5.91 Å². The molecule has 2 heterocycles. The first-order valence-corrected chi connectivity index (χ1v) is 8.57. The van der Waals surface area contributed by atoms with Crippen molar-refractivity contribution < 1.29 is 4.79 Å². The van der Waals surface area contributed by atoms with Gasteiger partial charge in [0.15, 0.2) is 0 Å². The van der Waals surface area contributed by atoms with E-state index in [9.17, 15) is 4.79 Å². The zero-order chi connectivity index (χ0) is 17.6. The third-order valence-corrected chi connectivity index (χ3v) is 4.48. The summed E-state index contributed by atoms with van der Waals surface area (Å²) in [5.41, 5.74) is 4.20. The molecule has 0 aliphatic rings. The van der Waals surface area contributed by atoms with Gasteiger partial charge in [0.25, 0.3) is 5.91 Å². The van der Waals surface area contributed by atoms with Crippen LogP contribution in [0, 0.1) is 6.92 Å². The number of rotatable bonds is 5. The number of carbonyl (C=O) groups is 1. The Morgan fingerprint density at radius 2 is 1.96 bits per heavy atom. The third-order valence-electron chi connectivity index (χ3n) is 3.63. The van der Waals surface area contributed by atoms with Crippen LogP contribution < -0.4 is 10.6 Å². The van der Waals surface area contributed by atoms with Gasteiger partial charge in [0.2, 0.25) is 0 Å². The van der Waals surface area contributed by atoms with Crippen LogP contribution >= 0.6 is 15.9 Å². The lowest BCUT2D eigenvalue weighted by atomic mass is 10.2. The van der Waals surface area contributed by atoms with E-state index >= 15 is 0 Å². The maximum absolute atomic E-state index is 12.3. The molecule has 0 bridgehead atoms. The van der Waals surface area contributed by atoms with E-state index in [4.69, 9.17) is 0 Å². The Labute approximate surface area is 154 Å². The van der Waals surface area contributed by atoms with Crippen molar-refractivity contribution in [2.45, 2.75) is 13.5 Å². The summed E-state index contributed by atoms with van der Waals surface area (Å²) < 4.78 is 1.03. The Balaban J connectivity index is 1.68. The maximum atomic E-state index is 12.3. The summed E-state index contributed by atoms with van der Waals surface area (Å²) in [6.07, 6.45) is 5.04. The highest BCUT2D eigenvalue weighted by Crippen LogP contribution is 2.23. The predicted octanol–water partition coefficient (Wildman–Crippen LogP) is 4.22. The van der Waals surface area contributed by atoms with Gasteiger partial charge in [-0.1, -0.05) is 28.1 Å².